The van der Waals surface area contributed by atoms with Gasteiger partial charge in [-0.15, -0.1) is 0 Å². The van der Waals surface area contributed by atoms with E-state index in [0.717, 1.165) is 23.4 Å². The van der Waals surface area contributed by atoms with Crippen molar-refractivity contribution in [2.24, 2.45) is 0 Å². The summed E-state index contributed by atoms with van der Waals surface area (Å²) in [7, 11) is 0. The van der Waals surface area contributed by atoms with E-state index in [0.29, 0.717) is 12.4 Å². The van der Waals surface area contributed by atoms with Gasteiger partial charge in [0.2, 0.25) is 5.91 Å². The number of anilines is 1. The lowest BCUT2D eigenvalue weighted by Gasteiger charge is -2.06. The fourth-order valence-corrected chi connectivity index (χ4v) is 2.39. The summed E-state index contributed by atoms with van der Waals surface area (Å²) in [5.41, 5.74) is 1.47. The second-order valence-corrected chi connectivity index (χ2v) is 5.98. The molecular formula is C21H17N3O5. The highest BCUT2D eigenvalue weighted by molar-refractivity contribution is 6.02. The molecule has 1 aromatic heterocycles. The first-order valence-corrected chi connectivity index (χ1v) is 8.60. The van der Waals surface area contributed by atoms with Crippen molar-refractivity contribution in [1.82, 2.24) is 4.98 Å². The molecule has 146 valence electrons. The van der Waals surface area contributed by atoms with E-state index in [4.69, 9.17) is 4.74 Å². The van der Waals surface area contributed by atoms with E-state index in [9.17, 15) is 20.0 Å². The van der Waals surface area contributed by atoms with E-state index in [1.807, 2.05) is 30.3 Å². The van der Waals surface area contributed by atoms with Crippen LogP contribution in [0, 0.1) is 10.1 Å². The quantitative estimate of drug-likeness (QED) is 0.358. The van der Waals surface area contributed by atoms with E-state index < -0.39 is 16.6 Å². The Morgan fingerprint density at radius 2 is 1.90 bits per heavy atom. The van der Waals surface area contributed by atoms with Crippen molar-refractivity contribution in [3.8, 4) is 11.5 Å². The number of carbonyl (C=O) groups is 1. The van der Waals surface area contributed by atoms with Gasteiger partial charge in [0.15, 0.2) is 11.6 Å². The van der Waals surface area contributed by atoms with Crippen LogP contribution < -0.4 is 10.1 Å². The molecule has 0 bridgehead atoms. The number of ether oxygens (including phenoxy) is 1. The minimum Gasteiger partial charge on any atom is -0.504 e. The number of amides is 1. The number of rotatable bonds is 7. The number of nitro groups is 1. The lowest BCUT2D eigenvalue weighted by atomic mass is 10.2. The maximum absolute atomic E-state index is 12.0. The smallest absolute Gasteiger partial charge is 0.291 e. The first-order chi connectivity index (χ1) is 14.0. The van der Waals surface area contributed by atoms with Gasteiger partial charge in [0.05, 0.1) is 11.0 Å². The number of carbonyl (C=O) groups excluding carboxylic acids is 1. The lowest BCUT2D eigenvalue weighted by molar-refractivity contribution is -0.385. The van der Waals surface area contributed by atoms with Crippen LogP contribution in [0.1, 0.15) is 11.1 Å². The number of aromatic nitrogens is 1. The molecule has 0 saturated heterocycles. The summed E-state index contributed by atoms with van der Waals surface area (Å²) in [4.78, 5) is 25.6. The molecule has 0 aliphatic heterocycles. The molecule has 1 amide bonds. The molecule has 0 spiro atoms. The predicted octanol–water partition coefficient (Wildman–Crippen LogP) is 3.93. The van der Waals surface area contributed by atoms with Crippen LogP contribution >= 0.6 is 0 Å². The molecule has 2 aromatic carbocycles. The van der Waals surface area contributed by atoms with Crippen molar-refractivity contribution in [3.63, 3.8) is 0 Å². The van der Waals surface area contributed by atoms with Gasteiger partial charge in [0.1, 0.15) is 18.6 Å². The molecule has 8 nitrogen and oxygen atoms in total. The number of nitrogens with zero attached hydrogens (tertiary/aromatic N) is 2. The molecule has 1 heterocycles. The third kappa shape index (κ3) is 5.64. The summed E-state index contributed by atoms with van der Waals surface area (Å²) in [6.07, 6.45) is 3.80. The van der Waals surface area contributed by atoms with Crippen LogP contribution in [0.4, 0.5) is 11.5 Å². The third-order valence-electron chi connectivity index (χ3n) is 3.86. The van der Waals surface area contributed by atoms with Gasteiger partial charge < -0.3 is 15.2 Å². The molecule has 8 heteroatoms. The number of nitrogens with one attached hydrogen (secondary N) is 1. The first-order valence-electron chi connectivity index (χ1n) is 8.60. The highest BCUT2D eigenvalue weighted by Gasteiger charge is 2.12. The lowest BCUT2D eigenvalue weighted by Crippen LogP contribution is -2.09. The van der Waals surface area contributed by atoms with E-state index >= 15 is 0 Å². The Bertz CT molecular complexity index is 1030. The Morgan fingerprint density at radius 3 is 2.55 bits per heavy atom. The molecule has 0 fully saturated rings. The van der Waals surface area contributed by atoms with Gasteiger partial charge in [-0.1, -0.05) is 42.5 Å². The van der Waals surface area contributed by atoms with Gasteiger partial charge >= 0.3 is 0 Å². The van der Waals surface area contributed by atoms with E-state index in [-0.39, 0.29) is 11.5 Å². The predicted molar refractivity (Wildman–Crippen MR) is 107 cm³/mol. The molecule has 0 atom stereocenters. The van der Waals surface area contributed by atoms with E-state index in [2.05, 4.69) is 10.3 Å². The Morgan fingerprint density at radius 1 is 1.17 bits per heavy atom. The standard InChI is InChI=1S/C21H17N3O5/c25-19-12-17(24(27)28)13-22-21(19)23-20(26)11-8-15-6-9-18(10-7-15)29-14-16-4-2-1-3-5-16/h1-13,25H,14H2,(H,22,23,26)/b11-8+. The van der Waals surface area contributed by atoms with Gasteiger partial charge in [-0.3, -0.25) is 14.9 Å². The normalized spacial score (nSPS) is 10.6. The van der Waals surface area contributed by atoms with E-state index in [1.54, 1.807) is 30.3 Å². The fraction of sp³-hybridized carbons (Fsp3) is 0.0476. The third-order valence-corrected chi connectivity index (χ3v) is 3.86. The molecule has 2 N–H and O–H groups in total. The second kappa shape index (κ2) is 9.14. The number of aromatic hydroxyl groups is 1. The Hall–Kier alpha value is -4.20. The SMILES string of the molecule is O=C(/C=C/c1ccc(OCc2ccccc2)cc1)Nc1ncc([N+](=O)[O-])cc1O. The second-order valence-electron chi connectivity index (χ2n) is 5.98. The molecule has 0 radical (unpaired) electrons. The summed E-state index contributed by atoms with van der Waals surface area (Å²) in [5.74, 6) is -0.475. The van der Waals surface area contributed by atoms with E-state index in [1.165, 1.54) is 6.08 Å². The molecule has 0 saturated carbocycles. The van der Waals surface area contributed by atoms with Gasteiger partial charge in [-0.25, -0.2) is 4.98 Å². The van der Waals surface area contributed by atoms with Crippen molar-refractivity contribution in [2.75, 3.05) is 5.32 Å². The first kappa shape index (κ1) is 19.6. The van der Waals surface area contributed by atoms with Crippen LogP contribution in [0.25, 0.3) is 6.08 Å². The van der Waals surface area contributed by atoms with Crippen molar-refractivity contribution in [2.45, 2.75) is 6.61 Å². The number of hydrogen-bond acceptors (Lipinski definition) is 6. The van der Waals surface area contributed by atoms with Gasteiger partial charge in [-0.05, 0) is 29.3 Å². The van der Waals surface area contributed by atoms with Gasteiger partial charge in [-0.2, -0.15) is 0 Å². The maximum atomic E-state index is 12.0. The Balaban J connectivity index is 1.55. The Kier molecular flexibility index (Phi) is 6.16. The summed E-state index contributed by atoms with van der Waals surface area (Å²) in [5, 5.41) is 22.7. The highest BCUT2D eigenvalue weighted by Crippen LogP contribution is 2.25. The summed E-state index contributed by atoms with van der Waals surface area (Å²) in [6.45, 7) is 0.462. The van der Waals surface area contributed by atoms with Crippen LogP contribution in [0.5, 0.6) is 11.5 Å². The van der Waals surface area contributed by atoms with Gasteiger partial charge in [0.25, 0.3) is 5.69 Å². The molecule has 0 aliphatic rings. The largest absolute Gasteiger partial charge is 0.504 e. The molecule has 0 unspecified atom stereocenters. The maximum Gasteiger partial charge on any atom is 0.291 e. The Labute approximate surface area is 166 Å². The van der Waals surface area contributed by atoms with Crippen LogP contribution in [0.2, 0.25) is 0 Å². The van der Waals surface area contributed by atoms with Crippen molar-refractivity contribution >= 4 is 23.5 Å². The minimum absolute atomic E-state index is 0.157. The average Bonchev–Trinajstić information content (AvgIpc) is 2.73. The zero-order valence-corrected chi connectivity index (χ0v) is 15.2. The van der Waals surface area contributed by atoms with Crippen molar-refractivity contribution < 1.29 is 19.6 Å². The monoisotopic (exact) mass is 391 g/mol. The minimum atomic E-state index is -0.689. The molecular weight excluding hydrogens is 374 g/mol. The number of benzene rings is 2. The number of pyridine rings is 1. The van der Waals surface area contributed by atoms with Gasteiger partial charge in [0, 0.05) is 6.08 Å². The van der Waals surface area contributed by atoms with Crippen LogP contribution in [-0.4, -0.2) is 20.9 Å². The van der Waals surface area contributed by atoms with Crippen molar-refractivity contribution in [1.29, 1.82) is 0 Å². The summed E-state index contributed by atoms with van der Waals surface area (Å²) < 4.78 is 5.70. The van der Waals surface area contributed by atoms with Crippen LogP contribution in [0.3, 0.4) is 0 Å². The van der Waals surface area contributed by atoms with Crippen molar-refractivity contribution in [3.05, 3.63) is 94.2 Å². The molecule has 0 aliphatic carbocycles. The molecule has 29 heavy (non-hydrogen) atoms. The topological polar surface area (TPSA) is 115 Å². The fourth-order valence-electron chi connectivity index (χ4n) is 2.39. The molecule has 3 rings (SSSR count). The highest BCUT2D eigenvalue weighted by atomic mass is 16.6. The molecule has 3 aromatic rings. The summed E-state index contributed by atoms with van der Waals surface area (Å²) >= 11 is 0. The number of hydrogen-bond donors (Lipinski definition) is 2. The zero-order valence-electron chi connectivity index (χ0n) is 15.2. The summed E-state index contributed by atoms with van der Waals surface area (Å²) in [6, 6.07) is 17.9. The van der Waals surface area contributed by atoms with Crippen LogP contribution in [0.15, 0.2) is 72.9 Å². The average molecular weight is 391 g/mol. The zero-order chi connectivity index (χ0) is 20.6. The van der Waals surface area contributed by atoms with Crippen LogP contribution in [-0.2, 0) is 11.4 Å².